The number of anilines is 2. The molecule has 0 aliphatic carbocycles. The van der Waals surface area contributed by atoms with Crippen LogP contribution in [0.4, 0.5) is 15.2 Å². The van der Waals surface area contributed by atoms with Gasteiger partial charge >= 0.3 is 0 Å². The fourth-order valence-corrected chi connectivity index (χ4v) is 7.42. The second-order valence-corrected chi connectivity index (χ2v) is 12.0. The number of benzene rings is 2. The Balaban J connectivity index is 1.31. The number of thiazole rings is 1. The Morgan fingerprint density at radius 2 is 2.11 bits per heavy atom. The van der Waals surface area contributed by atoms with Crippen LogP contribution in [0.25, 0.3) is 0 Å². The third-order valence-electron chi connectivity index (χ3n) is 6.97. The van der Waals surface area contributed by atoms with Gasteiger partial charge in [-0.25, -0.2) is 17.8 Å². The first-order valence-corrected chi connectivity index (χ1v) is 14.1. The summed E-state index contributed by atoms with van der Waals surface area (Å²) < 4.78 is 47.7. The highest BCUT2D eigenvalue weighted by Gasteiger charge is 2.48. The van der Waals surface area contributed by atoms with E-state index in [-0.39, 0.29) is 15.7 Å². The molecular formula is C24H26ClFN4O3S2. The zero-order valence-electron chi connectivity index (χ0n) is 19.1. The number of sulfonamides is 1. The number of nitrogens with one attached hydrogen (secondary N) is 2. The Bertz CT molecular complexity index is 1310. The largest absolute Gasteiger partial charge is 0.497 e. The van der Waals surface area contributed by atoms with Crippen molar-refractivity contribution in [3.63, 3.8) is 0 Å². The molecule has 2 aliphatic rings. The number of fused-ring (bicyclic) bond motifs is 1. The minimum Gasteiger partial charge on any atom is -0.497 e. The van der Waals surface area contributed by atoms with Crippen LogP contribution >= 0.6 is 22.9 Å². The van der Waals surface area contributed by atoms with E-state index in [9.17, 15) is 12.8 Å². The van der Waals surface area contributed by atoms with Gasteiger partial charge in [0.15, 0.2) is 5.13 Å². The lowest BCUT2D eigenvalue weighted by Crippen LogP contribution is -2.44. The zero-order chi connectivity index (χ0) is 24.6. The average molecular weight is 537 g/mol. The summed E-state index contributed by atoms with van der Waals surface area (Å²) in [5.41, 5.74) is 1.61. The number of halogens is 2. The van der Waals surface area contributed by atoms with Crippen LogP contribution in [0.3, 0.4) is 0 Å². The van der Waals surface area contributed by atoms with Crippen LogP contribution in [0.1, 0.15) is 30.7 Å². The second kappa shape index (κ2) is 9.57. The lowest BCUT2D eigenvalue weighted by molar-refractivity contribution is 0.209. The molecule has 3 aromatic rings. The molecule has 0 saturated carbocycles. The molecule has 11 heteroatoms. The highest BCUT2D eigenvalue weighted by Crippen LogP contribution is 2.46. The third kappa shape index (κ3) is 4.84. The quantitative estimate of drug-likeness (QED) is 0.413. The maximum absolute atomic E-state index is 14.9. The fraction of sp³-hybridized carbons (Fsp3) is 0.375. The molecule has 0 unspecified atom stereocenters. The molecule has 2 fully saturated rings. The molecule has 1 aromatic heterocycles. The van der Waals surface area contributed by atoms with Crippen molar-refractivity contribution in [3.05, 3.63) is 64.4 Å². The molecule has 7 nitrogen and oxygen atoms in total. The van der Waals surface area contributed by atoms with Gasteiger partial charge in [-0.3, -0.25) is 9.62 Å². The number of aromatic nitrogens is 1. The molecule has 2 saturated heterocycles. The molecular weight excluding hydrogens is 511 g/mol. The van der Waals surface area contributed by atoms with E-state index >= 15 is 0 Å². The van der Waals surface area contributed by atoms with Gasteiger partial charge in [-0.2, -0.15) is 0 Å². The molecule has 0 spiro atoms. The SMILES string of the molecule is COc1ccc([C@H]2CN3CCC[C@]3(CNc3cc(F)c(S(=O)(=O)Nc4nccs4)cc3Cl)C2)cc1. The minimum atomic E-state index is -4.15. The van der Waals surface area contributed by atoms with Crippen molar-refractivity contribution in [1.82, 2.24) is 9.88 Å². The van der Waals surface area contributed by atoms with Crippen molar-refractivity contribution < 1.29 is 17.5 Å². The van der Waals surface area contributed by atoms with Gasteiger partial charge in [0.05, 0.1) is 17.8 Å². The lowest BCUT2D eigenvalue weighted by Gasteiger charge is -2.32. The summed E-state index contributed by atoms with van der Waals surface area (Å²) in [4.78, 5) is 5.89. The van der Waals surface area contributed by atoms with Crippen molar-refractivity contribution in [2.45, 2.75) is 35.6 Å². The zero-order valence-corrected chi connectivity index (χ0v) is 21.5. The average Bonchev–Trinajstić information content (AvgIpc) is 3.55. The van der Waals surface area contributed by atoms with Gasteiger partial charge < -0.3 is 10.1 Å². The van der Waals surface area contributed by atoms with Gasteiger partial charge in [0, 0.05) is 30.2 Å². The van der Waals surface area contributed by atoms with Crippen molar-refractivity contribution >= 4 is 43.8 Å². The van der Waals surface area contributed by atoms with Crippen molar-refractivity contribution in [1.29, 1.82) is 0 Å². The molecule has 2 N–H and O–H groups in total. The minimum absolute atomic E-state index is 0.0540. The number of rotatable bonds is 8. The number of methoxy groups -OCH3 is 1. The number of nitrogens with zero attached hydrogens (tertiary/aromatic N) is 2. The van der Waals surface area contributed by atoms with Gasteiger partial charge in [-0.15, -0.1) is 11.3 Å². The van der Waals surface area contributed by atoms with E-state index < -0.39 is 20.7 Å². The van der Waals surface area contributed by atoms with E-state index in [2.05, 4.69) is 32.1 Å². The summed E-state index contributed by atoms with van der Waals surface area (Å²) in [6.07, 6.45) is 4.60. The Hall–Kier alpha value is -2.40. The van der Waals surface area contributed by atoms with E-state index in [0.717, 1.165) is 61.6 Å². The fourth-order valence-electron chi connectivity index (χ4n) is 5.24. The molecule has 0 bridgehead atoms. The predicted molar refractivity (Wildman–Crippen MR) is 137 cm³/mol. The van der Waals surface area contributed by atoms with E-state index in [4.69, 9.17) is 16.3 Å². The summed E-state index contributed by atoms with van der Waals surface area (Å²) >= 11 is 7.52. The molecule has 186 valence electrons. The Labute approximate surface area is 213 Å². The van der Waals surface area contributed by atoms with Crippen LogP contribution in [0.5, 0.6) is 5.75 Å². The van der Waals surface area contributed by atoms with E-state index in [1.807, 2.05) is 12.1 Å². The molecule has 0 amide bonds. The summed E-state index contributed by atoms with van der Waals surface area (Å²) in [6.45, 7) is 2.59. The van der Waals surface area contributed by atoms with Crippen LogP contribution < -0.4 is 14.8 Å². The van der Waals surface area contributed by atoms with Gasteiger partial charge in [-0.1, -0.05) is 23.7 Å². The van der Waals surface area contributed by atoms with Gasteiger partial charge in [0.1, 0.15) is 16.5 Å². The summed E-state index contributed by atoms with van der Waals surface area (Å²) in [5.74, 6) is 0.372. The summed E-state index contributed by atoms with van der Waals surface area (Å²) in [7, 11) is -2.49. The van der Waals surface area contributed by atoms with Crippen LogP contribution in [-0.4, -0.2) is 50.6 Å². The van der Waals surface area contributed by atoms with Crippen molar-refractivity contribution in [2.75, 3.05) is 36.8 Å². The molecule has 5 rings (SSSR count). The third-order valence-corrected chi connectivity index (χ3v) is 9.45. The molecule has 35 heavy (non-hydrogen) atoms. The van der Waals surface area contributed by atoms with E-state index in [1.54, 1.807) is 12.5 Å². The van der Waals surface area contributed by atoms with Crippen molar-refractivity contribution in [3.8, 4) is 5.75 Å². The van der Waals surface area contributed by atoms with E-state index in [1.165, 1.54) is 11.8 Å². The first-order chi connectivity index (χ1) is 16.8. The summed E-state index contributed by atoms with van der Waals surface area (Å²) in [5, 5.41) is 5.25. The van der Waals surface area contributed by atoms with Crippen LogP contribution in [0.2, 0.25) is 5.02 Å². The smallest absolute Gasteiger partial charge is 0.266 e. The first-order valence-electron chi connectivity index (χ1n) is 11.3. The first kappa shape index (κ1) is 24.3. The molecule has 2 atom stereocenters. The number of ether oxygens (including phenoxy) is 1. The van der Waals surface area contributed by atoms with Gasteiger partial charge in [-0.05, 0) is 61.6 Å². The monoisotopic (exact) mass is 536 g/mol. The van der Waals surface area contributed by atoms with Gasteiger partial charge in [0.25, 0.3) is 10.0 Å². The van der Waals surface area contributed by atoms with Crippen LogP contribution in [0, 0.1) is 5.82 Å². The highest BCUT2D eigenvalue weighted by atomic mass is 35.5. The second-order valence-electron chi connectivity index (χ2n) is 9.01. The maximum Gasteiger partial charge on any atom is 0.266 e. The normalized spacial score (nSPS) is 22.2. The highest BCUT2D eigenvalue weighted by molar-refractivity contribution is 7.93. The van der Waals surface area contributed by atoms with E-state index in [0.29, 0.717) is 18.2 Å². The summed E-state index contributed by atoms with van der Waals surface area (Å²) in [6, 6.07) is 10.5. The van der Waals surface area contributed by atoms with Crippen LogP contribution in [0.15, 0.2) is 52.9 Å². The standard InChI is InChI=1S/C24H26ClFN4O3S2/c1-33-18-5-3-16(4-6-18)17-13-24(7-2-9-30(24)14-17)15-28-21-12-20(26)22(11-19(21)25)35(31,32)29-23-27-8-10-34-23/h3-6,8,10-12,17,28H,2,7,9,13-15H2,1H3,(H,27,29)/t17-,24-/m1/s1. The molecule has 0 radical (unpaired) electrons. The number of hydrogen-bond donors (Lipinski definition) is 2. The topological polar surface area (TPSA) is 83.6 Å². The molecule has 2 aromatic carbocycles. The maximum atomic E-state index is 14.9. The molecule has 3 heterocycles. The molecule has 2 aliphatic heterocycles. The predicted octanol–water partition coefficient (Wildman–Crippen LogP) is 5.18. The number of hydrogen-bond acceptors (Lipinski definition) is 7. The lowest BCUT2D eigenvalue weighted by atomic mass is 9.86. The van der Waals surface area contributed by atoms with Crippen LogP contribution in [-0.2, 0) is 10.0 Å². The Kier molecular flexibility index (Phi) is 6.65. The Morgan fingerprint density at radius 1 is 1.31 bits per heavy atom. The van der Waals surface area contributed by atoms with Crippen molar-refractivity contribution in [2.24, 2.45) is 0 Å². The van der Waals surface area contributed by atoms with Gasteiger partial charge in [0.2, 0.25) is 0 Å². The Morgan fingerprint density at radius 3 is 2.83 bits per heavy atom.